The van der Waals surface area contributed by atoms with Gasteiger partial charge in [0.15, 0.2) is 5.78 Å². The lowest BCUT2D eigenvalue weighted by molar-refractivity contribution is -0.130. The Morgan fingerprint density at radius 3 is 2.05 bits per heavy atom. The molecule has 1 aliphatic rings. The Balaban J connectivity index is 2.52. The monoisotopic (exact) mass is 269 g/mol. The van der Waals surface area contributed by atoms with Gasteiger partial charge in [-0.1, -0.05) is 25.9 Å². The predicted octanol–water partition coefficient (Wildman–Crippen LogP) is 2.64. The maximum atomic E-state index is 11.1. The Bertz CT molecular complexity index is 357. The van der Waals surface area contributed by atoms with E-state index in [0.717, 1.165) is 25.7 Å². The molecule has 1 N–H and O–H groups in total. The Morgan fingerprint density at radius 1 is 1.16 bits per heavy atom. The van der Waals surface area contributed by atoms with Crippen LogP contribution < -0.4 is 0 Å². The van der Waals surface area contributed by atoms with Crippen molar-refractivity contribution >= 4 is 17.5 Å². The molecular formula is C14H23NO4. The number of carboxylic acids is 1. The molecule has 1 rings (SSSR count). The highest BCUT2D eigenvalue weighted by Gasteiger charge is 2.30. The van der Waals surface area contributed by atoms with Gasteiger partial charge in [-0.3, -0.25) is 4.79 Å². The number of aliphatic carboxylic acids is 1. The number of hydrogen-bond acceptors (Lipinski definition) is 4. The summed E-state index contributed by atoms with van der Waals surface area (Å²) in [6.45, 7) is 7.87. The zero-order valence-corrected chi connectivity index (χ0v) is 12.1. The molecule has 0 radical (unpaired) electrons. The van der Waals surface area contributed by atoms with Gasteiger partial charge < -0.3 is 9.94 Å². The van der Waals surface area contributed by atoms with Crippen molar-refractivity contribution in [2.45, 2.75) is 59.5 Å². The van der Waals surface area contributed by atoms with Crippen molar-refractivity contribution in [1.82, 2.24) is 0 Å². The first kappa shape index (κ1) is 15.7. The first-order chi connectivity index (χ1) is 8.71. The summed E-state index contributed by atoms with van der Waals surface area (Å²) in [6.07, 6.45) is 3.73. The maximum absolute atomic E-state index is 11.1. The van der Waals surface area contributed by atoms with Gasteiger partial charge in [0.1, 0.15) is 6.10 Å². The van der Waals surface area contributed by atoms with Crippen molar-refractivity contribution in [3.05, 3.63) is 0 Å². The summed E-state index contributed by atoms with van der Waals surface area (Å²) in [4.78, 5) is 27.0. The van der Waals surface area contributed by atoms with Crippen molar-refractivity contribution in [3.63, 3.8) is 0 Å². The van der Waals surface area contributed by atoms with Crippen LogP contribution in [0.3, 0.4) is 0 Å². The summed E-state index contributed by atoms with van der Waals surface area (Å²) in [7, 11) is 0. The van der Waals surface area contributed by atoms with Gasteiger partial charge in [-0.2, -0.15) is 0 Å². The Labute approximate surface area is 114 Å². The number of carbonyl (C=O) groups is 2. The van der Waals surface area contributed by atoms with E-state index in [4.69, 9.17) is 9.94 Å². The second-order valence-corrected chi connectivity index (χ2v) is 6.25. The Hall–Kier alpha value is -1.39. The molecule has 5 heteroatoms. The van der Waals surface area contributed by atoms with Crippen molar-refractivity contribution < 1.29 is 19.5 Å². The molecule has 1 saturated carbocycles. The molecule has 0 aromatic heterocycles. The number of nitrogens with zero attached hydrogens (tertiary/aromatic N) is 1. The first-order valence-electron chi connectivity index (χ1n) is 6.70. The van der Waals surface area contributed by atoms with Crippen LogP contribution in [0.4, 0.5) is 0 Å². The highest BCUT2D eigenvalue weighted by molar-refractivity contribution is 6.63. The third-order valence-corrected chi connectivity index (χ3v) is 3.73. The summed E-state index contributed by atoms with van der Waals surface area (Å²) in [6, 6.07) is 0. The van der Waals surface area contributed by atoms with Crippen LogP contribution in [0.25, 0.3) is 0 Å². The van der Waals surface area contributed by atoms with E-state index in [9.17, 15) is 9.59 Å². The van der Waals surface area contributed by atoms with Crippen molar-refractivity contribution in [1.29, 1.82) is 0 Å². The molecule has 108 valence electrons. The molecule has 1 aliphatic carbocycles. The van der Waals surface area contributed by atoms with Gasteiger partial charge in [-0.15, -0.1) is 0 Å². The molecule has 0 atom stereocenters. The third kappa shape index (κ3) is 4.65. The second-order valence-electron chi connectivity index (χ2n) is 6.25. The van der Waals surface area contributed by atoms with Gasteiger partial charge in [-0.25, -0.2) is 4.79 Å². The molecule has 0 spiro atoms. The molecule has 5 nitrogen and oxygen atoms in total. The zero-order chi connectivity index (χ0) is 14.6. The van der Waals surface area contributed by atoms with Crippen molar-refractivity contribution in [3.8, 4) is 0 Å². The summed E-state index contributed by atoms with van der Waals surface area (Å²) < 4.78 is 0. The van der Waals surface area contributed by atoms with E-state index < -0.39 is 17.5 Å². The SMILES string of the molecule is CC(=O)/C(=N/O[C@H]1CC[C@H](C(C)(C)C)CC1)C(=O)O. The Morgan fingerprint density at radius 2 is 1.68 bits per heavy atom. The van der Waals surface area contributed by atoms with Gasteiger partial charge >= 0.3 is 5.97 Å². The van der Waals surface area contributed by atoms with Crippen LogP contribution in [0.2, 0.25) is 0 Å². The number of rotatable bonds is 4. The average molecular weight is 269 g/mol. The fraction of sp³-hybridized carbons (Fsp3) is 0.786. The number of ketones is 1. The fourth-order valence-corrected chi connectivity index (χ4v) is 2.42. The van der Waals surface area contributed by atoms with E-state index >= 15 is 0 Å². The molecule has 1 fully saturated rings. The molecule has 0 bridgehead atoms. The largest absolute Gasteiger partial charge is 0.476 e. The van der Waals surface area contributed by atoms with E-state index in [1.807, 2.05) is 0 Å². The van der Waals surface area contributed by atoms with Crippen LogP contribution in [0.1, 0.15) is 53.4 Å². The van der Waals surface area contributed by atoms with Crippen molar-refractivity contribution in [2.24, 2.45) is 16.5 Å². The summed E-state index contributed by atoms with van der Waals surface area (Å²) in [5.74, 6) is -1.27. The molecule has 0 heterocycles. The predicted molar refractivity (Wildman–Crippen MR) is 72.0 cm³/mol. The molecule has 0 amide bonds. The quantitative estimate of drug-likeness (QED) is 0.483. The van der Waals surface area contributed by atoms with Crippen LogP contribution in [0, 0.1) is 11.3 Å². The minimum absolute atomic E-state index is 0.0766. The maximum Gasteiger partial charge on any atom is 0.361 e. The standard InChI is InChI=1S/C14H23NO4/c1-9(16)12(13(17)18)15-19-11-7-5-10(6-8-11)14(2,3)4/h10-11H,5-8H2,1-4H3,(H,17,18)/b15-12-/t10-,11-. The lowest BCUT2D eigenvalue weighted by Gasteiger charge is -2.36. The highest BCUT2D eigenvalue weighted by Crippen LogP contribution is 2.38. The lowest BCUT2D eigenvalue weighted by Crippen LogP contribution is -2.29. The van der Waals surface area contributed by atoms with Crippen molar-refractivity contribution in [2.75, 3.05) is 0 Å². The van der Waals surface area contributed by atoms with Gasteiger partial charge in [0.2, 0.25) is 5.71 Å². The smallest absolute Gasteiger partial charge is 0.361 e. The minimum atomic E-state index is -1.34. The van der Waals surface area contributed by atoms with E-state index in [1.54, 1.807) is 0 Å². The fourth-order valence-electron chi connectivity index (χ4n) is 2.42. The molecule has 0 unspecified atom stereocenters. The number of carboxylic acid groups (broad SMARTS) is 1. The topological polar surface area (TPSA) is 76.0 Å². The Kier molecular flexibility index (Phi) is 5.09. The summed E-state index contributed by atoms with van der Waals surface area (Å²) in [5, 5.41) is 12.3. The van der Waals surface area contributed by atoms with Crippen LogP contribution in [-0.2, 0) is 14.4 Å². The molecule has 0 aromatic rings. The third-order valence-electron chi connectivity index (χ3n) is 3.73. The van der Waals surface area contributed by atoms with Crippen LogP contribution in [0.5, 0.6) is 0 Å². The van der Waals surface area contributed by atoms with E-state index in [2.05, 4.69) is 25.9 Å². The highest BCUT2D eigenvalue weighted by atomic mass is 16.6. The number of Topliss-reactive ketones (excluding diaryl/α,β-unsaturated/α-hetero) is 1. The van der Waals surface area contributed by atoms with Gasteiger partial charge in [0.05, 0.1) is 0 Å². The molecule has 19 heavy (non-hydrogen) atoms. The molecular weight excluding hydrogens is 246 g/mol. The molecule has 0 aromatic carbocycles. The number of hydrogen-bond donors (Lipinski definition) is 1. The minimum Gasteiger partial charge on any atom is -0.476 e. The van der Waals surface area contributed by atoms with E-state index in [-0.39, 0.29) is 6.10 Å². The van der Waals surface area contributed by atoms with E-state index in [0.29, 0.717) is 11.3 Å². The van der Waals surface area contributed by atoms with E-state index in [1.165, 1.54) is 6.92 Å². The van der Waals surface area contributed by atoms with Gasteiger partial charge in [-0.05, 0) is 37.0 Å². The molecule has 0 saturated heterocycles. The molecule has 0 aliphatic heterocycles. The number of carbonyl (C=O) groups excluding carboxylic acids is 1. The average Bonchev–Trinajstić information content (AvgIpc) is 2.27. The van der Waals surface area contributed by atoms with Gasteiger partial charge in [0.25, 0.3) is 0 Å². The van der Waals surface area contributed by atoms with Crippen LogP contribution in [-0.4, -0.2) is 28.7 Å². The van der Waals surface area contributed by atoms with Crippen LogP contribution >= 0.6 is 0 Å². The van der Waals surface area contributed by atoms with Gasteiger partial charge in [0, 0.05) is 6.92 Å². The summed E-state index contributed by atoms with van der Waals surface area (Å²) in [5.41, 5.74) is -0.238. The second kappa shape index (κ2) is 6.17. The summed E-state index contributed by atoms with van der Waals surface area (Å²) >= 11 is 0. The zero-order valence-electron chi connectivity index (χ0n) is 12.1. The first-order valence-corrected chi connectivity index (χ1v) is 6.70. The normalized spacial score (nSPS) is 24.9. The van der Waals surface area contributed by atoms with Crippen LogP contribution in [0.15, 0.2) is 5.16 Å². The number of oxime groups is 1. The lowest BCUT2D eigenvalue weighted by atomic mass is 9.72.